The number of hydrogen-bond donors (Lipinski definition) is 1. The Kier molecular flexibility index (Phi) is 5.46. The minimum atomic E-state index is -1.02. The lowest BCUT2D eigenvalue weighted by Gasteiger charge is -2.33. The topological polar surface area (TPSA) is 96.4 Å². The number of nitrogens with zero attached hydrogens (tertiary/aromatic N) is 2. The Morgan fingerprint density at radius 2 is 2.07 bits per heavy atom. The molecule has 152 valence electrons. The Hall–Kier alpha value is -2.59. The molecule has 2 fully saturated rings. The number of fused-ring (bicyclic) bond motifs is 1. The summed E-state index contributed by atoms with van der Waals surface area (Å²) in [6, 6.07) is 4.49. The van der Waals surface area contributed by atoms with Crippen molar-refractivity contribution in [3.05, 3.63) is 28.7 Å². The highest BCUT2D eigenvalue weighted by Crippen LogP contribution is 2.36. The minimum absolute atomic E-state index is 0.164. The number of carbonyl (C=O) groups excluding carboxylic acids is 2. The molecule has 0 unspecified atom stereocenters. The number of ether oxygens (including phenoxy) is 2. The van der Waals surface area contributed by atoms with E-state index in [9.17, 15) is 19.5 Å². The average Bonchev–Trinajstić information content (AvgIpc) is 3.27. The van der Waals surface area contributed by atoms with E-state index in [2.05, 4.69) is 0 Å². The van der Waals surface area contributed by atoms with Crippen LogP contribution in [0.1, 0.15) is 24.8 Å². The van der Waals surface area contributed by atoms with Crippen LogP contribution < -0.4 is 9.47 Å². The number of thioether (sulfide) groups is 1. The van der Waals surface area contributed by atoms with E-state index in [1.807, 2.05) is 0 Å². The van der Waals surface area contributed by atoms with Gasteiger partial charge in [0.1, 0.15) is 16.9 Å². The number of likely N-dealkylation sites (tertiary alicyclic amines) is 1. The largest absolute Gasteiger partial charge is 0.480 e. The number of aliphatic carboxylic acids is 1. The van der Waals surface area contributed by atoms with E-state index < -0.39 is 17.9 Å². The zero-order chi connectivity index (χ0) is 20.5. The molecule has 29 heavy (non-hydrogen) atoms. The second-order valence-corrected chi connectivity index (χ2v) is 8.49. The van der Waals surface area contributed by atoms with Crippen molar-refractivity contribution < 1.29 is 29.0 Å². The third-order valence-corrected chi connectivity index (χ3v) is 6.35. The maximum atomic E-state index is 12.8. The fourth-order valence-corrected chi connectivity index (χ4v) is 4.76. The van der Waals surface area contributed by atoms with Crippen molar-refractivity contribution in [3.8, 4) is 11.5 Å². The van der Waals surface area contributed by atoms with Crippen LogP contribution in [-0.4, -0.2) is 62.9 Å². The molecule has 2 amide bonds. The number of piperidine rings is 1. The number of benzene rings is 1. The summed E-state index contributed by atoms with van der Waals surface area (Å²) in [6.07, 6.45) is 3.62. The van der Waals surface area contributed by atoms with Crippen molar-refractivity contribution in [2.45, 2.75) is 25.3 Å². The summed E-state index contributed by atoms with van der Waals surface area (Å²) in [5.41, 5.74) is 0.753. The molecule has 1 N–H and O–H groups in total. The highest BCUT2D eigenvalue weighted by atomic mass is 32.2. The summed E-state index contributed by atoms with van der Waals surface area (Å²) in [5, 5.41) is 9.36. The molecule has 4 rings (SSSR count). The molecule has 0 bridgehead atoms. The molecule has 3 aliphatic rings. The number of thiocarbonyl (C=S) groups is 1. The standard InChI is InChI=1S/C19H18N2O6S2/c22-16(20-6-2-1-3-12(20)18(24)25)9-21-17(23)15(29-19(21)28)8-11-4-5-13-14(7-11)27-10-26-13/h4-5,7-8,12H,1-3,6,9-10H2,(H,24,25)/b15-8-/t12-/m0/s1. The van der Waals surface area contributed by atoms with Crippen LogP contribution in [0.5, 0.6) is 11.5 Å². The highest BCUT2D eigenvalue weighted by Gasteiger charge is 2.37. The molecular weight excluding hydrogens is 416 g/mol. The predicted molar refractivity (Wildman–Crippen MR) is 109 cm³/mol. The van der Waals surface area contributed by atoms with Gasteiger partial charge >= 0.3 is 5.97 Å². The van der Waals surface area contributed by atoms with Gasteiger partial charge in [-0.15, -0.1) is 0 Å². The molecule has 10 heteroatoms. The number of carboxylic acids is 1. The van der Waals surface area contributed by atoms with E-state index >= 15 is 0 Å². The second-order valence-electron chi connectivity index (χ2n) is 6.82. The molecule has 3 heterocycles. The van der Waals surface area contributed by atoms with Crippen molar-refractivity contribution in [1.82, 2.24) is 9.80 Å². The van der Waals surface area contributed by atoms with Crippen molar-refractivity contribution in [2.75, 3.05) is 19.9 Å². The van der Waals surface area contributed by atoms with E-state index in [-0.39, 0.29) is 23.6 Å². The highest BCUT2D eigenvalue weighted by molar-refractivity contribution is 8.26. The summed E-state index contributed by atoms with van der Waals surface area (Å²) < 4.78 is 10.9. The van der Waals surface area contributed by atoms with Gasteiger partial charge in [-0.2, -0.15) is 0 Å². The second kappa shape index (κ2) is 8.03. The number of rotatable bonds is 4. The quantitative estimate of drug-likeness (QED) is 0.568. The summed E-state index contributed by atoms with van der Waals surface area (Å²) in [4.78, 5) is 39.9. The molecule has 0 saturated carbocycles. The number of hydrogen-bond acceptors (Lipinski definition) is 7. The SMILES string of the molecule is O=C(O)[C@@H]1CCCCN1C(=O)CN1C(=O)/C(=C/c2ccc3c(c2)OCO3)SC1=S. The van der Waals surface area contributed by atoms with Crippen LogP contribution in [0, 0.1) is 0 Å². The van der Waals surface area contributed by atoms with Crippen molar-refractivity contribution in [1.29, 1.82) is 0 Å². The zero-order valence-electron chi connectivity index (χ0n) is 15.3. The fraction of sp³-hybridized carbons (Fsp3) is 0.368. The van der Waals surface area contributed by atoms with Crippen LogP contribution >= 0.6 is 24.0 Å². The Balaban J connectivity index is 1.48. The van der Waals surface area contributed by atoms with Crippen LogP contribution in [0.25, 0.3) is 6.08 Å². The molecule has 0 spiro atoms. The Labute approximate surface area is 176 Å². The smallest absolute Gasteiger partial charge is 0.326 e. The van der Waals surface area contributed by atoms with Crippen LogP contribution in [0.3, 0.4) is 0 Å². The van der Waals surface area contributed by atoms with Crippen molar-refractivity contribution >= 4 is 52.2 Å². The minimum Gasteiger partial charge on any atom is -0.480 e. The van der Waals surface area contributed by atoms with Gasteiger partial charge in [0.25, 0.3) is 5.91 Å². The Bertz CT molecular complexity index is 931. The Morgan fingerprint density at radius 1 is 1.28 bits per heavy atom. The van der Waals surface area contributed by atoms with Gasteiger partial charge in [-0.25, -0.2) is 4.79 Å². The zero-order valence-corrected chi connectivity index (χ0v) is 17.0. The van der Waals surface area contributed by atoms with Gasteiger partial charge in [0.05, 0.1) is 4.91 Å². The molecule has 0 aromatic heterocycles. The number of carbonyl (C=O) groups is 3. The van der Waals surface area contributed by atoms with E-state index in [0.29, 0.717) is 29.4 Å². The molecule has 1 atom stereocenters. The molecule has 3 aliphatic heterocycles. The molecule has 2 saturated heterocycles. The van der Waals surface area contributed by atoms with Crippen molar-refractivity contribution in [3.63, 3.8) is 0 Å². The number of carboxylic acid groups (broad SMARTS) is 1. The van der Waals surface area contributed by atoms with Crippen LogP contribution in [0.15, 0.2) is 23.1 Å². The molecular formula is C19H18N2O6S2. The van der Waals surface area contributed by atoms with E-state index in [1.54, 1.807) is 24.3 Å². The first-order chi connectivity index (χ1) is 13.9. The lowest BCUT2D eigenvalue weighted by molar-refractivity contribution is -0.152. The van der Waals surface area contributed by atoms with Gasteiger partial charge in [0.2, 0.25) is 12.7 Å². The van der Waals surface area contributed by atoms with E-state index in [4.69, 9.17) is 21.7 Å². The van der Waals surface area contributed by atoms with Gasteiger partial charge in [-0.3, -0.25) is 14.5 Å². The third kappa shape index (κ3) is 3.95. The predicted octanol–water partition coefficient (Wildman–Crippen LogP) is 2.08. The number of amides is 2. The third-order valence-electron chi connectivity index (χ3n) is 4.97. The van der Waals surface area contributed by atoms with E-state index in [1.165, 1.54) is 9.80 Å². The monoisotopic (exact) mass is 434 g/mol. The molecule has 1 aromatic rings. The van der Waals surface area contributed by atoms with Gasteiger partial charge in [-0.1, -0.05) is 30.0 Å². The van der Waals surface area contributed by atoms with Gasteiger partial charge in [0, 0.05) is 6.54 Å². The Morgan fingerprint density at radius 3 is 2.86 bits per heavy atom. The maximum absolute atomic E-state index is 12.8. The van der Waals surface area contributed by atoms with Crippen molar-refractivity contribution in [2.24, 2.45) is 0 Å². The van der Waals surface area contributed by atoms with Crippen LogP contribution in [0.4, 0.5) is 0 Å². The summed E-state index contributed by atoms with van der Waals surface area (Å²) >= 11 is 6.40. The van der Waals surface area contributed by atoms with Gasteiger partial charge in [-0.05, 0) is 43.0 Å². The average molecular weight is 434 g/mol. The van der Waals surface area contributed by atoms with Crippen LogP contribution in [0.2, 0.25) is 0 Å². The summed E-state index contributed by atoms with van der Waals surface area (Å²) in [5.74, 6) is -0.539. The normalized spacial score (nSPS) is 22.5. The van der Waals surface area contributed by atoms with Crippen LogP contribution in [-0.2, 0) is 14.4 Å². The molecule has 0 radical (unpaired) electrons. The fourth-order valence-electron chi connectivity index (χ4n) is 3.50. The first-order valence-electron chi connectivity index (χ1n) is 9.11. The maximum Gasteiger partial charge on any atom is 0.326 e. The summed E-state index contributed by atoms with van der Waals surface area (Å²) in [6.45, 7) is 0.279. The molecule has 0 aliphatic carbocycles. The lowest BCUT2D eigenvalue weighted by Crippen LogP contribution is -2.51. The van der Waals surface area contributed by atoms with E-state index in [0.717, 1.165) is 30.2 Å². The lowest BCUT2D eigenvalue weighted by atomic mass is 10.0. The first-order valence-corrected chi connectivity index (χ1v) is 10.3. The molecule has 8 nitrogen and oxygen atoms in total. The first kappa shape index (κ1) is 19.7. The van der Waals surface area contributed by atoms with Gasteiger partial charge < -0.3 is 19.5 Å². The molecule has 1 aromatic carbocycles. The van der Waals surface area contributed by atoms with Gasteiger partial charge in [0.15, 0.2) is 11.5 Å². The summed E-state index contributed by atoms with van der Waals surface area (Å²) in [7, 11) is 0.